The maximum absolute atomic E-state index is 12.0. The normalized spacial score (nSPS) is 14.6. The standard InChI is InChI=1S/C7H12F3NO5S/c1-16-4-2-3-5(6(12)13)11-17(14,15)7(8,9)10/h5,11H,2-4H2,1H3,(H,12,13). The number of methoxy groups -OCH3 is 1. The van der Waals surface area contributed by atoms with Crippen molar-refractivity contribution < 1.29 is 36.2 Å². The summed E-state index contributed by atoms with van der Waals surface area (Å²) < 4.78 is 62.9. The highest BCUT2D eigenvalue weighted by molar-refractivity contribution is 7.90. The number of rotatable bonds is 7. The molecule has 0 aromatic rings. The number of alkyl halides is 3. The molecule has 0 saturated heterocycles. The first-order valence-corrected chi connectivity index (χ1v) is 5.90. The first-order valence-electron chi connectivity index (χ1n) is 4.42. The maximum Gasteiger partial charge on any atom is 0.511 e. The Kier molecular flexibility index (Phi) is 5.85. The van der Waals surface area contributed by atoms with Crippen molar-refractivity contribution in [3.63, 3.8) is 0 Å². The first-order chi connectivity index (χ1) is 7.62. The number of carboxylic acids is 1. The number of aliphatic carboxylic acids is 1. The van der Waals surface area contributed by atoms with Gasteiger partial charge in [0.05, 0.1) is 0 Å². The molecule has 0 heterocycles. The van der Waals surface area contributed by atoms with Gasteiger partial charge in [-0.15, -0.1) is 0 Å². The van der Waals surface area contributed by atoms with Gasteiger partial charge in [-0.3, -0.25) is 4.79 Å². The summed E-state index contributed by atoms with van der Waals surface area (Å²) in [6, 6.07) is -1.82. The number of hydrogen-bond acceptors (Lipinski definition) is 4. The zero-order chi connectivity index (χ0) is 13.7. The van der Waals surface area contributed by atoms with Crippen LogP contribution in [0.15, 0.2) is 0 Å². The van der Waals surface area contributed by atoms with Crippen molar-refractivity contribution in [1.29, 1.82) is 0 Å². The molecule has 1 atom stereocenters. The van der Waals surface area contributed by atoms with Crippen LogP contribution in [-0.4, -0.2) is 44.8 Å². The molecule has 2 N–H and O–H groups in total. The number of sulfonamides is 1. The molecule has 0 aliphatic carbocycles. The minimum atomic E-state index is -5.65. The Morgan fingerprint density at radius 2 is 2.00 bits per heavy atom. The van der Waals surface area contributed by atoms with Crippen LogP contribution in [0.2, 0.25) is 0 Å². The SMILES string of the molecule is COCCCC(NS(=O)(=O)C(F)(F)F)C(=O)O. The Labute approximate surface area is 95.8 Å². The average Bonchev–Trinajstić information content (AvgIpc) is 2.14. The summed E-state index contributed by atoms with van der Waals surface area (Å²) in [6.45, 7) is 0.123. The van der Waals surface area contributed by atoms with Gasteiger partial charge in [0.25, 0.3) is 0 Å². The topological polar surface area (TPSA) is 92.7 Å². The molecule has 0 aliphatic heterocycles. The van der Waals surface area contributed by atoms with E-state index in [1.54, 1.807) is 0 Å². The van der Waals surface area contributed by atoms with Crippen LogP contribution in [0.5, 0.6) is 0 Å². The van der Waals surface area contributed by atoms with Crippen molar-refractivity contribution in [2.24, 2.45) is 0 Å². The molecule has 17 heavy (non-hydrogen) atoms. The predicted octanol–water partition coefficient (Wildman–Crippen LogP) is 0.305. The lowest BCUT2D eigenvalue weighted by Gasteiger charge is -2.15. The van der Waals surface area contributed by atoms with E-state index in [0.717, 1.165) is 4.72 Å². The Balaban J connectivity index is 4.62. The highest BCUT2D eigenvalue weighted by atomic mass is 32.2. The van der Waals surface area contributed by atoms with Crippen LogP contribution in [0, 0.1) is 0 Å². The number of nitrogens with one attached hydrogen (secondary N) is 1. The minimum Gasteiger partial charge on any atom is -0.480 e. The summed E-state index contributed by atoms with van der Waals surface area (Å²) in [6.07, 6.45) is -0.174. The van der Waals surface area contributed by atoms with E-state index in [4.69, 9.17) is 5.11 Å². The van der Waals surface area contributed by atoms with Crippen molar-refractivity contribution in [3.8, 4) is 0 Å². The first kappa shape index (κ1) is 16.1. The summed E-state index contributed by atoms with van der Waals surface area (Å²) in [5, 5.41) is 8.57. The summed E-state index contributed by atoms with van der Waals surface area (Å²) in [5.74, 6) is -1.67. The second-order valence-electron chi connectivity index (χ2n) is 3.09. The third kappa shape index (κ3) is 5.33. The van der Waals surface area contributed by atoms with Gasteiger partial charge in [-0.25, -0.2) is 8.42 Å². The minimum absolute atomic E-state index is 0.119. The molecule has 0 fully saturated rings. The van der Waals surface area contributed by atoms with Crippen molar-refractivity contribution in [2.75, 3.05) is 13.7 Å². The van der Waals surface area contributed by atoms with Crippen LogP contribution in [0.3, 0.4) is 0 Å². The molecule has 0 aromatic carbocycles. The molecule has 0 saturated carbocycles. The van der Waals surface area contributed by atoms with E-state index in [0.29, 0.717) is 0 Å². The quantitative estimate of drug-likeness (QED) is 0.654. The second-order valence-corrected chi connectivity index (χ2v) is 4.80. The van der Waals surface area contributed by atoms with Crippen LogP contribution in [0.4, 0.5) is 13.2 Å². The van der Waals surface area contributed by atoms with E-state index in [-0.39, 0.29) is 19.4 Å². The van der Waals surface area contributed by atoms with Gasteiger partial charge < -0.3 is 9.84 Å². The van der Waals surface area contributed by atoms with Gasteiger partial charge in [0.1, 0.15) is 6.04 Å². The third-order valence-electron chi connectivity index (χ3n) is 1.74. The molecule has 102 valence electrons. The molecule has 0 radical (unpaired) electrons. The van der Waals surface area contributed by atoms with E-state index in [2.05, 4.69) is 4.74 Å². The molecule has 0 amide bonds. The molecular formula is C7H12F3NO5S. The molecule has 0 aliphatic rings. The van der Waals surface area contributed by atoms with Gasteiger partial charge in [-0.2, -0.15) is 17.9 Å². The van der Waals surface area contributed by atoms with E-state index < -0.39 is 27.5 Å². The fourth-order valence-corrected chi connectivity index (χ4v) is 1.65. The molecule has 0 aromatic heterocycles. The summed E-state index contributed by atoms with van der Waals surface area (Å²) in [4.78, 5) is 10.6. The zero-order valence-corrected chi connectivity index (χ0v) is 9.64. The number of halogens is 3. The van der Waals surface area contributed by atoms with Gasteiger partial charge in [-0.1, -0.05) is 0 Å². The van der Waals surface area contributed by atoms with Crippen molar-refractivity contribution >= 4 is 16.0 Å². The average molecular weight is 279 g/mol. The van der Waals surface area contributed by atoms with Crippen molar-refractivity contribution in [2.45, 2.75) is 24.4 Å². The lowest BCUT2D eigenvalue weighted by atomic mass is 10.2. The van der Waals surface area contributed by atoms with Crippen LogP contribution in [0.25, 0.3) is 0 Å². The van der Waals surface area contributed by atoms with E-state index in [9.17, 15) is 26.4 Å². The number of ether oxygens (including phenoxy) is 1. The van der Waals surface area contributed by atoms with Gasteiger partial charge in [0.15, 0.2) is 0 Å². The van der Waals surface area contributed by atoms with Crippen molar-refractivity contribution in [3.05, 3.63) is 0 Å². The molecule has 0 bridgehead atoms. The number of carboxylic acid groups (broad SMARTS) is 1. The smallest absolute Gasteiger partial charge is 0.480 e. The Hall–Kier alpha value is -0.870. The van der Waals surface area contributed by atoms with Crippen LogP contribution >= 0.6 is 0 Å². The van der Waals surface area contributed by atoms with Gasteiger partial charge in [0.2, 0.25) is 0 Å². The predicted molar refractivity (Wildman–Crippen MR) is 50.6 cm³/mol. The molecular weight excluding hydrogens is 267 g/mol. The van der Waals surface area contributed by atoms with Crippen LogP contribution < -0.4 is 4.72 Å². The van der Waals surface area contributed by atoms with Crippen LogP contribution in [0.1, 0.15) is 12.8 Å². The maximum atomic E-state index is 12.0. The molecule has 0 rings (SSSR count). The highest BCUT2D eigenvalue weighted by Crippen LogP contribution is 2.22. The summed E-state index contributed by atoms with van der Waals surface area (Å²) >= 11 is 0. The molecule has 10 heteroatoms. The van der Waals surface area contributed by atoms with Gasteiger partial charge in [-0.05, 0) is 12.8 Å². The summed E-state index contributed by atoms with van der Waals surface area (Å²) in [5.41, 5.74) is -5.53. The van der Waals surface area contributed by atoms with Gasteiger partial charge in [0, 0.05) is 13.7 Å². The zero-order valence-electron chi connectivity index (χ0n) is 8.82. The number of carbonyl (C=O) groups is 1. The number of hydrogen-bond donors (Lipinski definition) is 2. The lowest BCUT2D eigenvalue weighted by molar-refractivity contribution is -0.139. The Bertz CT molecular complexity index is 353. The van der Waals surface area contributed by atoms with E-state index in [1.807, 2.05) is 0 Å². The Morgan fingerprint density at radius 1 is 1.47 bits per heavy atom. The van der Waals surface area contributed by atoms with Crippen molar-refractivity contribution in [1.82, 2.24) is 4.72 Å². The van der Waals surface area contributed by atoms with E-state index >= 15 is 0 Å². The molecule has 0 spiro atoms. The molecule has 1 unspecified atom stereocenters. The Morgan fingerprint density at radius 3 is 2.35 bits per heavy atom. The molecule has 6 nitrogen and oxygen atoms in total. The van der Waals surface area contributed by atoms with E-state index in [1.165, 1.54) is 7.11 Å². The highest BCUT2D eigenvalue weighted by Gasteiger charge is 2.47. The lowest BCUT2D eigenvalue weighted by Crippen LogP contribution is -2.46. The second kappa shape index (κ2) is 6.17. The summed E-state index contributed by atoms with van der Waals surface area (Å²) in [7, 11) is -4.32. The fourth-order valence-electron chi connectivity index (χ4n) is 0.919. The fraction of sp³-hybridized carbons (Fsp3) is 0.857. The van der Waals surface area contributed by atoms with Gasteiger partial charge >= 0.3 is 21.5 Å². The largest absolute Gasteiger partial charge is 0.511 e. The van der Waals surface area contributed by atoms with Crippen LogP contribution in [-0.2, 0) is 19.6 Å². The monoisotopic (exact) mass is 279 g/mol. The third-order valence-corrected chi connectivity index (χ3v) is 2.95.